The fourth-order valence-corrected chi connectivity index (χ4v) is 2.38. The smallest absolute Gasteiger partial charge is 0.00104 e. The molecule has 84 valence electrons. The van der Waals surface area contributed by atoms with Gasteiger partial charge in [0.2, 0.25) is 0 Å². The van der Waals surface area contributed by atoms with Crippen LogP contribution in [0.4, 0.5) is 0 Å². The molecule has 0 spiro atoms. The first-order valence-electron chi connectivity index (χ1n) is 6.14. The second kappa shape index (κ2) is 4.65. The highest BCUT2D eigenvalue weighted by molar-refractivity contribution is 4.86. The SMILES string of the molecule is CC(C)NCC(C1CCC1)C(C)(C)C. The highest BCUT2D eigenvalue weighted by Crippen LogP contribution is 2.42. The predicted molar refractivity (Wildman–Crippen MR) is 63.4 cm³/mol. The predicted octanol–water partition coefficient (Wildman–Crippen LogP) is 3.45. The van der Waals surface area contributed by atoms with Crippen molar-refractivity contribution in [3.05, 3.63) is 0 Å². The van der Waals surface area contributed by atoms with Crippen LogP contribution < -0.4 is 5.32 Å². The Hall–Kier alpha value is -0.0400. The maximum Gasteiger partial charge on any atom is 0.00104 e. The molecule has 1 N–H and O–H groups in total. The Morgan fingerprint density at radius 3 is 2.07 bits per heavy atom. The minimum atomic E-state index is 0.465. The molecule has 0 aromatic carbocycles. The molecule has 0 heterocycles. The van der Waals surface area contributed by atoms with Crippen LogP contribution in [0, 0.1) is 17.3 Å². The van der Waals surface area contributed by atoms with Gasteiger partial charge in [0.05, 0.1) is 0 Å². The average molecular weight is 197 g/mol. The maximum atomic E-state index is 3.60. The molecule has 1 saturated carbocycles. The molecule has 1 atom stereocenters. The first kappa shape index (κ1) is 12.0. The van der Waals surface area contributed by atoms with Gasteiger partial charge in [-0.05, 0) is 23.8 Å². The van der Waals surface area contributed by atoms with E-state index in [1.807, 2.05) is 0 Å². The van der Waals surface area contributed by atoms with Gasteiger partial charge in [-0.15, -0.1) is 0 Å². The molecular weight excluding hydrogens is 170 g/mol. The summed E-state index contributed by atoms with van der Waals surface area (Å²) in [7, 11) is 0. The van der Waals surface area contributed by atoms with E-state index in [1.54, 1.807) is 0 Å². The van der Waals surface area contributed by atoms with Crippen molar-refractivity contribution >= 4 is 0 Å². The molecule has 0 bridgehead atoms. The van der Waals surface area contributed by atoms with Gasteiger partial charge in [0.15, 0.2) is 0 Å². The molecule has 1 unspecified atom stereocenters. The van der Waals surface area contributed by atoms with Gasteiger partial charge in [0.1, 0.15) is 0 Å². The minimum Gasteiger partial charge on any atom is -0.314 e. The molecular formula is C13H27N. The Kier molecular flexibility index (Phi) is 4.00. The topological polar surface area (TPSA) is 12.0 Å². The van der Waals surface area contributed by atoms with E-state index in [0.29, 0.717) is 11.5 Å². The van der Waals surface area contributed by atoms with E-state index in [0.717, 1.165) is 11.8 Å². The molecule has 1 aliphatic rings. The molecule has 1 heteroatoms. The molecule has 0 amide bonds. The van der Waals surface area contributed by atoms with Crippen LogP contribution >= 0.6 is 0 Å². The molecule has 1 fully saturated rings. The fourth-order valence-electron chi connectivity index (χ4n) is 2.38. The molecule has 0 radical (unpaired) electrons. The van der Waals surface area contributed by atoms with Gasteiger partial charge >= 0.3 is 0 Å². The quantitative estimate of drug-likeness (QED) is 0.728. The van der Waals surface area contributed by atoms with Crippen LogP contribution in [0.25, 0.3) is 0 Å². The van der Waals surface area contributed by atoms with E-state index in [4.69, 9.17) is 0 Å². The van der Waals surface area contributed by atoms with E-state index < -0.39 is 0 Å². The van der Waals surface area contributed by atoms with Gasteiger partial charge in [-0.3, -0.25) is 0 Å². The Morgan fingerprint density at radius 1 is 1.21 bits per heavy atom. The monoisotopic (exact) mass is 197 g/mol. The standard InChI is InChI=1S/C13H27N/c1-10(2)14-9-12(13(3,4)5)11-7-6-8-11/h10-12,14H,6-9H2,1-5H3. The van der Waals surface area contributed by atoms with E-state index in [9.17, 15) is 0 Å². The van der Waals surface area contributed by atoms with Gasteiger partial charge in [0, 0.05) is 6.04 Å². The lowest BCUT2D eigenvalue weighted by Gasteiger charge is -2.42. The highest BCUT2D eigenvalue weighted by atomic mass is 14.9. The lowest BCUT2D eigenvalue weighted by atomic mass is 9.65. The minimum absolute atomic E-state index is 0.465. The summed E-state index contributed by atoms with van der Waals surface area (Å²) in [5.74, 6) is 1.85. The van der Waals surface area contributed by atoms with E-state index in [2.05, 4.69) is 39.9 Å². The van der Waals surface area contributed by atoms with Crippen molar-refractivity contribution < 1.29 is 0 Å². The molecule has 1 nitrogen and oxygen atoms in total. The maximum absolute atomic E-state index is 3.60. The van der Waals surface area contributed by atoms with Crippen molar-refractivity contribution in [3.8, 4) is 0 Å². The van der Waals surface area contributed by atoms with E-state index in [-0.39, 0.29) is 0 Å². The summed E-state index contributed by atoms with van der Waals surface area (Å²) >= 11 is 0. The number of hydrogen-bond acceptors (Lipinski definition) is 1. The third-order valence-corrected chi connectivity index (χ3v) is 3.58. The Bertz CT molecular complexity index is 163. The van der Waals surface area contributed by atoms with Crippen molar-refractivity contribution in [1.29, 1.82) is 0 Å². The van der Waals surface area contributed by atoms with Crippen molar-refractivity contribution in [2.75, 3.05) is 6.54 Å². The zero-order valence-corrected chi connectivity index (χ0v) is 10.6. The molecule has 1 rings (SSSR count). The molecule has 1 aliphatic carbocycles. The van der Waals surface area contributed by atoms with Gasteiger partial charge in [0.25, 0.3) is 0 Å². The lowest BCUT2D eigenvalue weighted by Crippen LogP contribution is -2.41. The zero-order chi connectivity index (χ0) is 10.8. The molecule has 0 aromatic heterocycles. The second-order valence-electron chi connectivity index (χ2n) is 6.23. The summed E-state index contributed by atoms with van der Waals surface area (Å²) in [6.45, 7) is 12.8. The van der Waals surface area contributed by atoms with Crippen molar-refractivity contribution in [2.45, 2.75) is 59.9 Å². The van der Waals surface area contributed by atoms with E-state index >= 15 is 0 Å². The van der Waals surface area contributed by atoms with Crippen LogP contribution in [0.3, 0.4) is 0 Å². The number of nitrogens with one attached hydrogen (secondary N) is 1. The van der Waals surface area contributed by atoms with Crippen molar-refractivity contribution in [1.82, 2.24) is 5.32 Å². The summed E-state index contributed by atoms with van der Waals surface area (Å²) < 4.78 is 0. The van der Waals surface area contributed by atoms with Gasteiger partial charge in [-0.1, -0.05) is 53.9 Å². The van der Waals surface area contributed by atoms with Crippen molar-refractivity contribution in [3.63, 3.8) is 0 Å². The molecule has 0 aliphatic heterocycles. The Labute approximate surface area is 89.7 Å². The zero-order valence-electron chi connectivity index (χ0n) is 10.6. The largest absolute Gasteiger partial charge is 0.314 e. The second-order valence-corrected chi connectivity index (χ2v) is 6.23. The van der Waals surface area contributed by atoms with Crippen LogP contribution in [-0.4, -0.2) is 12.6 Å². The van der Waals surface area contributed by atoms with Gasteiger partial charge in [-0.2, -0.15) is 0 Å². The lowest BCUT2D eigenvalue weighted by molar-refractivity contribution is 0.0939. The summed E-state index contributed by atoms with van der Waals surface area (Å²) in [5, 5.41) is 3.60. The number of hydrogen-bond donors (Lipinski definition) is 1. The normalized spacial score (nSPS) is 21.0. The highest BCUT2D eigenvalue weighted by Gasteiger charge is 2.34. The summed E-state index contributed by atoms with van der Waals surface area (Å²) in [5.41, 5.74) is 0.465. The van der Waals surface area contributed by atoms with Gasteiger partial charge in [-0.25, -0.2) is 0 Å². The number of rotatable bonds is 4. The third kappa shape index (κ3) is 3.27. The van der Waals surface area contributed by atoms with Crippen LogP contribution in [0.5, 0.6) is 0 Å². The average Bonchev–Trinajstić information content (AvgIpc) is 1.90. The Balaban J connectivity index is 2.44. The van der Waals surface area contributed by atoms with Crippen LogP contribution in [0.15, 0.2) is 0 Å². The van der Waals surface area contributed by atoms with Crippen LogP contribution in [-0.2, 0) is 0 Å². The summed E-state index contributed by atoms with van der Waals surface area (Å²) in [6.07, 6.45) is 4.38. The van der Waals surface area contributed by atoms with Crippen molar-refractivity contribution in [2.24, 2.45) is 17.3 Å². The molecule has 14 heavy (non-hydrogen) atoms. The first-order valence-corrected chi connectivity index (χ1v) is 6.14. The van der Waals surface area contributed by atoms with E-state index in [1.165, 1.54) is 25.8 Å². The Morgan fingerprint density at radius 2 is 1.79 bits per heavy atom. The molecule has 0 aromatic rings. The fraction of sp³-hybridized carbons (Fsp3) is 1.00. The van der Waals surface area contributed by atoms with Crippen LogP contribution in [0.1, 0.15) is 53.9 Å². The third-order valence-electron chi connectivity index (χ3n) is 3.58. The summed E-state index contributed by atoms with van der Waals surface area (Å²) in [4.78, 5) is 0. The molecule has 0 saturated heterocycles. The summed E-state index contributed by atoms with van der Waals surface area (Å²) in [6, 6.07) is 0.625. The van der Waals surface area contributed by atoms with Gasteiger partial charge < -0.3 is 5.32 Å². The van der Waals surface area contributed by atoms with Crippen LogP contribution in [0.2, 0.25) is 0 Å². The first-order chi connectivity index (χ1) is 6.41.